The van der Waals surface area contributed by atoms with Gasteiger partial charge in [-0.2, -0.15) is 0 Å². The standard InChI is InChI=1S/C12H25NO4/c1-12(4-3-5-17-10-12)13-8-11(14)9-16-7-6-15-2/h11,13-14H,3-10H2,1-2H3. The van der Waals surface area contributed by atoms with Crippen LogP contribution in [0.15, 0.2) is 0 Å². The topological polar surface area (TPSA) is 60.0 Å². The minimum atomic E-state index is -0.481. The molecule has 1 heterocycles. The zero-order valence-corrected chi connectivity index (χ0v) is 10.9. The molecule has 102 valence electrons. The molecule has 0 aromatic rings. The predicted octanol–water partition coefficient (Wildman–Crippen LogP) is 0.169. The Kier molecular flexibility index (Phi) is 6.99. The number of hydrogen-bond acceptors (Lipinski definition) is 5. The maximum atomic E-state index is 9.72. The van der Waals surface area contributed by atoms with Crippen molar-refractivity contribution >= 4 is 0 Å². The van der Waals surface area contributed by atoms with Crippen molar-refractivity contribution in [3.63, 3.8) is 0 Å². The van der Waals surface area contributed by atoms with Crippen molar-refractivity contribution in [3.8, 4) is 0 Å². The van der Waals surface area contributed by atoms with E-state index in [0.29, 0.717) is 33.0 Å². The van der Waals surface area contributed by atoms with E-state index < -0.39 is 6.10 Å². The Bertz CT molecular complexity index is 195. The Morgan fingerprint density at radius 3 is 2.94 bits per heavy atom. The average Bonchev–Trinajstić information content (AvgIpc) is 2.33. The highest BCUT2D eigenvalue weighted by atomic mass is 16.5. The SMILES string of the molecule is COCCOCC(O)CNC1(C)CCCOC1. The second kappa shape index (κ2) is 8.00. The summed E-state index contributed by atoms with van der Waals surface area (Å²) >= 11 is 0. The van der Waals surface area contributed by atoms with E-state index in [9.17, 15) is 5.11 Å². The normalized spacial score (nSPS) is 27.0. The van der Waals surface area contributed by atoms with Gasteiger partial charge >= 0.3 is 0 Å². The zero-order valence-electron chi connectivity index (χ0n) is 10.9. The number of hydrogen-bond donors (Lipinski definition) is 2. The highest BCUT2D eigenvalue weighted by Crippen LogP contribution is 2.17. The van der Waals surface area contributed by atoms with E-state index >= 15 is 0 Å². The first-order valence-electron chi connectivity index (χ1n) is 6.24. The van der Waals surface area contributed by atoms with Crippen LogP contribution < -0.4 is 5.32 Å². The molecule has 2 unspecified atom stereocenters. The number of nitrogens with one attached hydrogen (secondary N) is 1. The van der Waals surface area contributed by atoms with Gasteiger partial charge < -0.3 is 24.6 Å². The largest absolute Gasteiger partial charge is 0.389 e. The number of β-amino-alcohol motifs (C(OH)–C–C–N with tert-alkyl or cyclic N) is 1. The van der Waals surface area contributed by atoms with Crippen LogP contribution in [0, 0.1) is 0 Å². The molecule has 0 amide bonds. The van der Waals surface area contributed by atoms with Crippen LogP contribution in [0.3, 0.4) is 0 Å². The van der Waals surface area contributed by atoms with E-state index in [4.69, 9.17) is 14.2 Å². The zero-order chi connectivity index (χ0) is 12.6. The van der Waals surface area contributed by atoms with Crippen molar-refractivity contribution in [1.82, 2.24) is 5.32 Å². The molecule has 2 N–H and O–H groups in total. The van der Waals surface area contributed by atoms with Gasteiger partial charge in [0.1, 0.15) is 0 Å². The van der Waals surface area contributed by atoms with Crippen molar-refractivity contribution in [2.75, 3.05) is 46.7 Å². The van der Waals surface area contributed by atoms with Crippen molar-refractivity contribution in [2.24, 2.45) is 0 Å². The van der Waals surface area contributed by atoms with Gasteiger partial charge in [-0.3, -0.25) is 0 Å². The van der Waals surface area contributed by atoms with E-state index in [1.165, 1.54) is 0 Å². The van der Waals surface area contributed by atoms with Crippen LogP contribution in [0.5, 0.6) is 0 Å². The van der Waals surface area contributed by atoms with Gasteiger partial charge in [0.05, 0.1) is 32.5 Å². The lowest BCUT2D eigenvalue weighted by molar-refractivity contribution is -0.00288. The van der Waals surface area contributed by atoms with Gasteiger partial charge in [0.15, 0.2) is 0 Å². The molecule has 0 aromatic carbocycles. The fourth-order valence-corrected chi connectivity index (χ4v) is 1.86. The van der Waals surface area contributed by atoms with Gasteiger partial charge in [-0.15, -0.1) is 0 Å². The minimum absolute atomic E-state index is 0.00817. The van der Waals surface area contributed by atoms with Gasteiger partial charge in [0, 0.05) is 25.8 Å². The Morgan fingerprint density at radius 2 is 2.29 bits per heavy atom. The van der Waals surface area contributed by atoms with Gasteiger partial charge in [-0.05, 0) is 19.8 Å². The minimum Gasteiger partial charge on any atom is -0.389 e. The summed E-state index contributed by atoms with van der Waals surface area (Å²) in [6.45, 7) is 5.65. The number of ether oxygens (including phenoxy) is 3. The number of aliphatic hydroxyl groups excluding tert-OH is 1. The molecule has 1 aliphatic rings. The molecule has 1 saturated heterocycles. The molecule has 0 radical (unpaired) electrons. The van der Waals surface area contributed by atoms with Gasteiger partial charge in [0.25, 0.3) is 0 Å². The molecule has 2 atom stereocenters. The smallest absolute Gasteiger partial charge is 0.0897 e. The summed E-state index contributed by atoms with van der Waals surface area (Å²) in [4.78, 5) is 0. The van der Waals surface area contributed by atoms with Gasteiger partial charge in [-0.25, -0.2) is 0 Å². The van der Waals surface area contributed by atoms with Crippen molar-refractivity contribution in [2.45, 2.75) is 31.4 Å². The molecule has 1 fully saturated rings. The summed E-state index contributed by atoms with van der Waals surface area (Å²) in [6.07, 6.45) is 1.68. The Labute approximate surface area is 103 Å². The predicted molar refractivity (Wildman–Crippen MR) is 65.2 cm³/mol. The van der Waals surface area contributed by atoms with Crippen LogP contribution in [-0.4, -0.2) is 63.4 Å². The summed E-state index contributed by atoms with van der Waals surface area (Å²) in [6, 6.07) is 0. The van der Waals surface area contributed by atoms with Crippen LogP contribution in [0.2, 0.25) is 0 Å². The van der Waals surface area contributed by atoms with E-state index in [-0.39, 0.29) is 5.54 Å². The Morgan fingerprint density at radius 1 is 1.47 bits per heavy atom. The second-order valence-electron chi connectivity index (χ2n) is 4.82. The summed E-state index contributed by atoms with van der Waals surface area (Å²) in [5.74, 6) is 0. The van der Waals surface area contributed by atoms with E-state index in [1.807, 2.05) is 0 Å². The van der Waals surface area contributed by atoms with Crippen LogP contribution in [0.4, 0.5) is 0 Å². The maximum Gasteiger partial charge on any atom is 0.0897 e. The quantitative estimate of drug-likeness (QED) is 0.599. The molecule has 1 rings (SSSR count). The summed E-state index contributed by atoms with van der Waals surface area (Å²) in [5.41, 5.74) is -0.00817. The van der Waals surface area contributed by atoms with E-state index in [0.717, 1.165) is 19.4 Å². The number of methoxy groups -OCH3 is 1. The van der Waals surface area contributed by atoms with Crippen molar-refractivity contribution < 1.29 is 19.3 Å². The Hall–Kier alpha value is -0.200. The van der Waals surface area contributed by atoms with Crippen molar-refractivity contribution in [3.05, 3.63) is 0 Å². The molecule has 0 aliphatic carbocycles. The third-order valence-corrected chi connectivity index (χ3v) is 2.94. The highest BCUT2D eigenvalue weighted by Gasteiger charge is 2.27. The highest BCUT2D eigenvalue weighted by molar-refractivity contribution is 4.86. The van der Waals surface area contributed by atoms with Crippen LogP contribution in [-0.2, 0) is 14.2 Å². The fourth-order valence-electron chi connectivity index (χ4n) is 1.86. The lowest BCUT2D eigenvalue weighted by Crippen LogP contribution is -2.51. The first-order valence-corrected chi connectivity index (χ1v) is 6.24. The number of rotatable bonds is 8. The third kappa shape index (κ3) is 6.33. The van der Waals surface area contributed by atoms with E-state index in [2.05, 4.69) is 12.2 Å². The van der Waals surface area contributed by atoms with Crippen LogP contribution >= 0.6 is 0 Å². The van der Waals surface area contributed by atoms with Crippen LogP contribution in [0.25, 0.3) is 0 Å². The average molecular weight is 247 g/mol. The van der Waals surface area contributed by atoms with Crippen LogP contribution in [0.1, 0.15) is 19.8 Å². The molecule has 17 heavy (non-hydrogen) atoms. The first-order chi connectivity index (χ1) is 8.16. The molecule has 0 saturated carbocycles. The summed E-state index contributed by atoms with van der Waals surface area (Å²) < 4.78 is 15.6. The number of aliphatic hydroxyl groups is 1. The molecule has 0 bridgehead atoms. The Balaban J connectivity index is 2.07. The second-order valence-corrected chi connectivity index (χ2v) is 4.82. The fraction of sp³-hybridized carbons (Fsp3) is 1.00. The maximum absolute atomic E-state index is 9.72. The monoisotopic (exact) mass is 247 g/mol. The van der Waals surface area contributed by atoms with Gasteiger partial charge in [-0.1, -0.05) is 0 Å². The molecule has 1 aliphatic heterocycles. The first kappa shape index (κ1) is 14.9. The molecule has 5 heteroatoms. The molecular formula is C12H25NO4. The van der Waals surface area contributed by atoms with E-state index in [1.54, 1.807) is 7.11 Å². The third-order valence-electron chi connectivity index (χ3n) is 2.94. The van der Waals surface area contributed by atoms with Gasteiger partial charge in [0.2, 0.25) is 0 Å². The summed E-state index contributed by atoms with van der Waals surface area (Å²) in [7, 11) is 1.63. The molecule has 0 aromatic heterocycles. The lowest BCUT2D eigenvalue weighted by Gasteiger charge is -2.35. The molecular weight excluding hydrogens is 222 g/mol. The summed E-state index contributed by atoms with van der Waals surface area (Å²) in [5, 5.41) is 13.1. The molecule has 5 nitrogen and oxygen atoms in total. The van der Waals surface area contributed by atoms with Crippen molar-refractivity contribution in [1.29, 1.82) is 0 Å². The lowest BCUT2D eigenvalue weighted by atomic mass is 9.95. The molecule has 0 spiro atoms.